The van der Waals surface area contributed by atoms with Gasteiger partial charge in [-0.2, -0.15) is 0 Å². The van der Waals surface area contributed by atoms with Crippen molar-refractivity contribution in [3.8, 4) is 11.5 Å². The van der Waals surface area contributed by atoms with E-state index in [0.717, 1.165) is 12.1 Å². The molecular weight excluding hydrogens is 238 g/mol. The summed E-state index contributed by atoms with van der Waals surface area (Å²) >= 11 is 0. The van der Waals surface area contributed by atoms with Gasteiger partial charge in [-0.15, -0.1) is 0 Å². The Labute approximate surface area is 113 Å². The molecule has 19 heavy (non-hydrogen) atoms. The Hall–Kier alpha value is -2.00. The largest absolute Gasteiger partial charge is 0.508 e. The van der Waals surface area contributed by atoms with E-state index in [2.05, 4.69) is 30.4 Å². The van der Waals surface area contributed by atoms with E-state index in [1.54, 1.807) is 12.1 Å². The maximum Gasteiger partial charge on any atom is 0.124 e. The minimum Gasteiger partial charge on any atom is -0.508 e. The number of aromatic hydroxyl groups is 2. The monoisotopic (exact) mass is 257 g/mol. The van der Waals surface area contributed by atoms with Crippen LogP contribution in [-0.4, -0.2) is 10.2 Å². The highest BCUT2D eigenvalue weighted by atomic mass is 16.3. The predicted molar refractivity (Wildman–Crippen MR) is 76.2 cm³/mol. The zero-order valence-electron chi connectivity index (χ0n) is 11.2. The van der Waals surface area contributed by atoms with Gasteiger partial charge in [-0.25, -0.2) is 0 Å². The van der Waals surface area contributed by atoms with Gasteiger partial charge in [0.25, 0.3) is 0 Å². The van der Waals surface area contributed by atoms with Crippen molar-refractivity contribution < 1.29 is 10.2 Å². The highest BCUT2D eigenvalue weighted by molar-refractivity contribution is 5.40. The highest BCUT2D eigenvalue weighted by Crippen LogP contribution is 2.27. The van der Waals surface area contributed by atoms with E-state index >= 15 is 0 Å². The fourth-order valence-corrected chi connectivity index (χ4v) is 2.10. The summed E-state index contributed by atoms with van der Waals surface area (Å²) in [5, 5.41) is 22.4. The Bertz CT molecular complexity index is 566. The van der Waals surface area contributed by atoms with Crippen LogP contribution in [0.3, 0.4) is 0 Å². The zero-order chi connectivity index (χ0) is 13.8. The molecule has 0 spiro atoms. The number of phenolic OH excluding ortho intramolecular Hbond substituents is 2. The van der Waals surface area contributed by atoms with Crippen LogP contribution in [0.4, 0.5) is 0 Å². The quantitative estimate of drug-likeness (QED) is 0.788. The lowest BCUT2D eigenvalue weighted by atomic mass is 10.1. The van der Waals surface area contributed by atoms with Gasteiger partial charge >= 0.3 is 0 Å². The normalized spacial score (nSPS) is 12.3. The van der Waals surface area contributed by atoms with Gasteiger partial charge < -0.3 is 15.5 Å². The lowest BCUT2D eigenvalue weighted by Gasteiger charge is -2.16. The van der Waals surface area contributed by atoms with Crippen LogP contribution >= 0.6 is 0 Å². The van der Waals surface area contributed by atoms with Crippen molar-refractivity contribution in [3.63, 3.8) is 0 Å². The molecule has 0 aliphatic rings. The summed E-state index contributed by atoms with van der Waals surface area (Å²) in [5.74, 6) is 0.191. The first-order chi connectivity index (χ1) is 9.06. The number of phenols is 2. The second-order valence-corrected chi connectivity index (χ2v) is 4.83. The van der Waals surface area contributed by atoms with Crippen LogP contribution in [0.2, 0.25) is 0 Å². The summed E-state index contributed by atoms with van der Waals surface area (Å²) in [6.45, 7) is 4.80. The van der Waals surface area contributed by atoms with E-state index in [-0.39, 0.29) is 17.5 Å². The third-order valence-corrected chi connectivity index (χ3v) is 3.18. The lowest BCUT2D eigenvalue weighted by Crippen LogP contribution is -2.18. The summed E-state index contributed by atoms with van der Waals surface area (Å²) in [6.07, 6.45) is 0. The van der Waals surface area contributed by atoms with Gasteiger partial charge in [-0.1, -0.05) is 35.9 Å². The molecular formula is C16H19NO2. The Morgan fingerprint density at radius 3 is 2.58 bits per heavy atom. The lowest BCUT2D eigenvalue weighted by molar-refractivity contribution is 0.436. The molecule has 0 fully saturated rings. The van der Waals surface area contributed by atoms with Gasteiger partial charge in [0.1, 0.15) is 11.5 Å². The molecule has 0 aliphatic heterocycles. The molecule has 0 radical (unpaired) electrons. The standard InChI is InChI=1S/C16H19NO2/c1-11-4-3-5-13(8-11)10-17-12(2)15-7-6-14(18)9-16(15)19/h3-9,12,17-19H,10H2,1-2H3. The van der Waals surface area contributed by atoms with Crippen molar-refractivity contribution in [2.45, 2.75) is 26.4 Å². The van der Waals surface area contributed by atoms with Crippen LogP contribution in [0.25, 0.3) is 0 Å². The van der Waals surface area contributed by atoms with E-state index in [9.17, 15) is 10.2 Å². The van der Waals surface area contributed by atoms with E-state index in [0.29, 0.717) is 0 Å². The molecule has 0 bridgehead atoms. The first kappa shape index (κ1) is 13.4. The molecule has 2 aromatic rings. The van der Waals surface area contributed by atoms with Gasteiger partial charge in [0.05, 0.1) is 0 Å². The van der Waals surface area contributed by atoms with Gasteiger partial charge in [0.2, 0.25) is 0 Å². The fourth-order valence-electron chi connectivity index (χ4n) is 2.10. The van der Waals surface area contributed by atoms with Crippen LogP contribution in [0.5, 0.6) is 11.5 Å². The maximum absolute atomic E-state index is 9.80. The van der Waals surface area contributed by atoms with Crippen LogP contribution < -0.4 is 5.32 Å². The average molecular weight is 257 g/mol. The second-order valence-electron chi connectivity index (χ2n) is 4.83. The molecule has 0 saturated carbocycles. The smallest absolute Gasteiger partial charge is 0.124 e. The summed E-state index contributed by atoms with van der Waals surface area (Å²) < 4.78 is 0. The van der Waals surface area contributed by atoms with E-state index in [1.165, 1.54) is 17.2 Å². The van der Waals surface area contributed by atoms with Gasteiger partial charge in [0.15, 0.2) is 0 Å². The molecule has 3 nitrogen and oxygen atoms in total. The fraction of sp³-hybridized carbons (Fsp3) is 0.250. The second kappa shape index (κ2) is 5.76. The molecule has 0 aromatic heterocycles. The van der Waals surface area contributed by atoms with Gasteiger partial charge in [0, 0.05) is 24.2 Å². The Balaban J connectivity index is 2.03. The van der Waals surface area contributed by atoms with Crippen molar-refractivity contribution in [3.05, 3.63) is 59.2 Å². The van der Waals surface area contributed by atoms with E-state index in [1.807, 2.05) is 13.0 Å². The number of benzene rings is 2. The van der Waals surface area contributed by atoms with Crippen molar-refractivity contribution in [2.75, 3.05) is 0 Å². The molecule has 0 heterocycles. The molecule has 3 N–H and O–H groups in total. The minimum atomic E-state index is 0.0149. The number of hydrogen-bond acceptors (Lipinski definition) is 3. The third kappa shape index (κ3) is 3.48. The van der Waals surface area contributed by atoms with Gasteiger partial charge in [-0.3, -0.25) is 0 Å². The van der Waals surface area contributed by atoms with Crippen molar-refractivity contribution in [1.29, 1.82) is 0 Å². The molecule has 0 aliphatic carbocycles. The predicted octanol–water partition coefficient (Wildman–Crippen LogP) is 3.26. The zero-order valence-corrected chi connectivity index (χ0v) is 11.2. The van der Waals surface area contributed by atoms with Crippen LogP contribution in [0.1, 0.15) is 29.7 Å². The number of nitrogens with one attached hydrogen (secondary N) is 1. The summed E-state index contributed by atoms with van der Waals surface area (Å²) in [6, 6.07) is 13.0. The first-order valence-electron chi connectivity index (χ1n) is 6.37. The van der Waals surface area contributed by atoms with E-state index < -0.39 is 0 Å². The van der Waals surface area contributed by atoms with E-state index in [4.69, 9.17) is 0 Å². The summed E-state index contributed by atoms with van der Waals surface area (Å²) in [4.78, 5) is 0. The molecule has 3 heteroatoms. The van der Waals surface area contributed by atoms with Crippen LogP contribution in [-0.2, 0) is 6.54 Å². The molecule has 1 atom stereocenters. The van der Waals surface area contributed by atoms with Crippen LogP contribution in [0, 0.1) is 6.92 Å². The summed E-state index contributed by atoms with van der Waals surface area (Å²) in [7, 11) is 0. The van der Waals surface area contributed by atoms with Crippen molar-refractivity contribution in [1.82, 2.24) is 5.32 Å². The number of hydrogen-bond donors (Lipinski definition) is 3. The van der Waals surface area contributed by atoms with Gasteiger partial charge in [-0.05, 0) is 25.5 Å². The maximum atomic E-state index is 9.80. The molecule has 2 aromatic carbocycles. The Kier molecular flexibility index (Phi) is 4.07. The summed E-state index contributed by atoms with van der Waals surface area (Å²) in [5.41, 5.74) is 3.23. The minimum absolute atomic E-state index is 0.0149. The molecule has 2 rings (SSSR count). The average Bonchev–Trinajstić information content (AvgIpc) is 2.36. The third-order valence-electron chi connectivity index (χ3n) is 3.18. The molecule has 0 saturated heterocycles. The molecule has 0 amide bonds. The Morgan fingerprint density at radius 1 is 1.11 bits per heavy atom. The Morgan fingerprint density at radius 2 is 1.89 bits per heavy atom. The molecule has 100 valence electrons. The topological polar surface area (TPSA) is 52.5 Å². The molecule has 1 unspecified atom stereocenters. The number of rotatable bonds is 4. The van der Waals surface area contributed by atoms with Crippen molar-refractivity contribution in [2.24, 2.45) is 0 Å². The first-order valence-corrected chi connectivity index (χ1v) is 6.37. The highest BCUT2D eigenvalue weighted by Gasteiger charge is 2.10. The van der Waals surface area contributed by atoms with Crippen LogP contribution in [0.15, 0.2) is 42.5 Å². The number of aryl methyl sites for hydroxylation is 1. The SMILES string of the molecule is Cc1cccc(CNC(C)c2ccc(O)cc2O)c1. The van der Waals surface area contributed by atoms with Crippen molar-refractivity contribution >= 4 is 0 Å².